The minimum Gasteiger partial charge on any atom is -0.508 e. The average Bonchev–Trinajstić information content (AvgIpc) is 3.21. The predicted molar refractivity (Wildman–Crippen MR) is 117 cm³/mol. The monoisotopic (exact) mass is 431 g/mol. The molecule has 0 radical (unpaired) electrons. The van der Waals surface area contributed by atoms with Gasteiger partial charge in [0.05, 0.1) is 18.1 Å². The van der Waals surface area contributed by atoms with Gasteiger partial charge in [-0.15, -0.1) is 0 Å². The fraction of sp³-hybridized carbons (Fsp3) is 0.500. The lowest BCUT2D eigenvalue weighted by atomic mass is 10.1. The number of rotatable bonds is 5. The van der Waals surface area contributed by atoms with Crippen molar-refractivity contribution in [1.29, 1.82) is 0 Å². The number of anilines is 1. The highest BCUT2D eigenvalue weighted by Gasteiger charge is 2.32. The van der Waals surface area contributed by atoms with Gasteiger partial charge in [-0.1, -0.05) is 0 Å². The fourth-order valence-corrected chi connectivity index (χ4v) is 6.42. The van der Waals surface area contributed by atoms with Gasteiger partial charge in [0.1, 0.15) is 5.75 Å². The molecule has 0 bridgehead atoms. The Morgan fingerprint density at radius 1 is 1.10 bits per heavy atom. The summed E-state index contributed by atoms with van der Waals surface area (Å²) in [7, 11) is -2.97. The topological polar surface area (TPSA) is 82.8 Å². The highest BCUT2D eigenvalue weighted by molar-refractivity contribution is 7.91. The van der Waals surface area contributed by atoms with Crippen molar-refractivity contribution in [2.24, 2.45) is 0 Å². The van der Waals surface area contributed by atoms with Gasteiger partial charge in [-0.3, -0.25) is 9.69 Å². The first kappa shape index (κ1) is 20.9. The highest BCUT2D eigenvalue weighted by atomic mass is 32.2. The van der Waals surface area contributed by atoms with E-state index in [-0.39, 0.29) is 29.1 Å². The maximum Gasteiger partial charge on any atom is 0.178 e. The van der Waals surface area contributed by atoms with E-state index in [4.69, 9.17) is 0 Å². The molecule has 2 aliphatic heterocycles. The SMILES string of the molecule is Cc1cc(C(=O)CN2CCN(c3ccc(O)cc3)CC2)c(C)n1C1CCS(=O)(=O)C1. The van der Waals surface area contributed by atoms with Crippen molar-refractivity contribution in [2.75, 3.05) is 49.1 Å². The molecule has 7 nitrogen and oxygen atoms in total. The second-order valence-electron chi connectivity index (χ2n) is 8.41. The lowest BCUT2D eigenvalue weighted by Crippen LogP contribution is -2.48. The van der Waals surface area contributed by atoms with Crippen molar-refractivity contribution < 1.29 is 18.3 Å². The molecule has 30 heavy (non-hydrogen) atoms. The van der Waals surface area contributed by atoms with Crippen LogP contribution in [0.3, 0.4) is 0 Å². The summed E-state index contributed by atoms with van der Waals surface area (Å²) in [6, 6.07) is 9.05. The van der Waals surface area contributed by atoms with E-state index in [0.29, 0.717) is 18.5 Å². The third-order valence-electron chi connectivity index (χ3n) is 6.31. The number of aromatic hydroxyl groups is 1. The third kappa shape index (κ3) is 4.25. The number of carbonyl (C=O) groups excluding carboxylic acids is 1. The van der Waals surface area contributed by atoms with E-state index in [1.54, 1.807) is 12.1 Å². The van der Waals surface area contributed by atoms with Crippen LogP contribution in [0, 0.1) is 13.8 Å². The number of sulfone groups is 1. The van der Waals surface area contributed by atoms with E-state index in [1.165, 1.54) is 0 Å². The van der Waals surface area contributed by atoms with Gasteiger partial charge in [0.25, 0.3) is 0 Å². The Hall–Kier alpha value is -2.32. The molecule has 1 atom stereocenters. The maximum absolute atomic E-state index is 13.0. The highest BCUT2D eigenvalue weighted by Crippen LogP contribution is 2.29. The molecular formula is C22H29N3O4S. The van der Waals surface area contributed by atoms with Crippen LogP contribution in [0.4, 0.5) is 5.69 Å². The Bertz CT molecular complexity index is 1040. The van der Waals surface area contributed by atoms with E-state index in [1.807, 2.05) is 36.6 Å². The van der Waals surface area contributed by atoms with Crippen molar-refractivity contribution in [3.8, 4) is 5.75 Å². The van der Waals surface area contributed by atoms with Gasteiger partial charge in [-0.25, -0.2) is 8.42 Å². The molecule has 2 fully saturated rings. The quantitative estimate of drug-likeness (QED) is 0.731. The number of piperazine rings is 1. The first-order valence-corrected chi connectivity index (χ1v) is 12.2. The number of aromatic nitrogens is 1. The summed E-state index contributed by atoms with van der Waals surface area (Å²) in [6.07, 6.45) is 0.617. The molecule has 4 rings (SSSR count). The maximum atomic E-state index is 13.0. The zero-order valence-corrected chi connectivity index (χ0v) is 18.4. The zero-order chi connectivity index (χ0) is 21.5. The van der Waals surface area contributed by atoms with Gasteiger partial charge in [-0.05, 0) is 50.6 Å². The van der Waals surface area contributed by atoms with Gasteiger partial charge >= 0.3 is 0 Å². The van der Waals surface area contributed by atoms with E-state index in [0.717, 1.165) is 43.3 Å². The molecule has 8 heteroatoms. The number of carbonyl (C=O) groups is 1. The van der Waals surface area contributed by atoms with Crippen LogP contribution >= 0.6 is 0 Å². The number of aryl methyl sites for hydroxylation is 1. The summed E-state index contributed by atoms with van der Waals surface area (Å²) in [5.74, 6) is 0.739. The summed E-state index contributed by atoms with van der Waals surface area (Å²) in [4.78, 5) is 17.4. The number of benzene rings is 1. The molecule has 1 aromatic carbocycles. The van der Waals surface area contributed by atoms with Gasteiger partial charge in [0.15, 0.2) is 15.6 Å². The van der Waals surface area contributed by atoms with Crippen LogP contribution in [0.1, 0.15) is 34.2 Å². The van der Waals surface area contributed by atoms with E-state index < -0.39 is 9.84 Å². The molecule has 162 valence electrons. The Kier molecular flexibility index (Phi) is 5.63. The second kappa shape index (κ2) is 8.07. The Morgan fingerprint density at radius 2 is 1.77 bits per heavy atom. The molecular weight excluding hydrogens is 402 g/mol. The summed E-state index contributed by atoms with van der Waals surface area (Å²) >= 11 is 0. The van der Waals surface area contributed by atoms with Crippen LogP contribution < -0.4 is 4.90 Å². The molecule has 0 saturated carbocycles. The van der Waals surface area contributed by atoms with Crippen LogP contribution in [0.5, 0.6) is 5.75 Å². The number of phenols is 1. The minimum absolute atomic E-state index is 0.0644. The van der Waals surface area contributed by atoms with Gasteiger partial charge < -0.3 is 14.6 Å². The zero-order valence-electron chi connectivity index (χ0n) is 17.5. The van der Waals surface area contributed by atoms with Gasteiger partial charge in [0, 0.05) is 54.9 Å². The Morgan fingerprint density at radius 3 is 2.37 bits per heavy atom. The first-order valence-electron chi connectivity index (χ1n) is 10.4. The van der Waals surface area contributed by atoms with Crippen molar-refractivity contribution in [3.05, 3.63) is 47.3 Å². The second-order valence-corrected chi connectivity index (χ2v) is 10.6. The van der Waals surface area contributed by atoms with Crippen LogP contribution in [0.2, 0.25) is 0 Å². The molecule has 1 unspecified atom stereocenters. The van der Waals surface area contributed by atoms with Crippen LogP contribution in [-0.2, 0) is 9.84 Å². The van der Waals surface area contributed by atoms with Crippen LogP contribution in [0.25, 0.3) is 0 Å². The van der Waals surface area contributed by atoms with Gasteiger partial charge in [-0.2, -0.15) is 0 Å². The normalized spacial score (nSPS) is 21.8. The number of hydrogen-bond donors (Lipinski definition) is 1. The largest absolute Gasteiger partial charge is 0.508 e. The Balaban J connectivity index is 1.39. The molecule has 2 saturated heterocycles. The van der Waals surface area contributed by atoms with Crippen molar-refractivity contribution >= 4 is 21.3 Å². The van der Waals surface area contributed by atoms with E-state index >= 15 is 0 Å². The third-order valence-corrected chi connectivity index (χ3v) is 8.06. The predicted octanol–water partition coefficient (Wildman–Crippen LogP) is 2.18. The molecule has 2 aromatic rings. The number of Topliss-reactive ketones (excluding diaryl/α,β-unsaturated/α-hetero) is 1. The van der Waals surface area contributed by atoms with Gasteiger partial charge in [0.2, 0.25) is 0 Å². The standard InChI is InChI=1S/C22H29N3O4S/c1-16-13-21(17(2)25(16)19-7-12-30(28,29)15-19)22(27)14-23-8-10-24(11-9-23)18-3-5-20(26)6-4-18/h3-6,13,19,26H,7-12,14-15H2,1-2H3. The fourth-order valence-electron chi connectivity index (χ4n) is 4.72. The summed E-state index contributed by atoms with van der Waals surface area (Å²) in [6.45, 7) is 7.50. The van der Waals surface area contributed by atoms with Crippen molar-refractivity contribution in [3.63, 3.8) is 0 Å². The molecule has 1 aromatic heterocycles. The summed E-state index contributed by atoms with van der Waals surface area (Å²) in [5, 5.41) is 9.45. The number of ketones is 1. The molecule has 2 aliphatic rings. The van der Waals surface area contributed by atoms with E-state index in [9.17, 15) is 18.3 Å². The summed E-state index contributed by atoms with van der Waals surface area (Å²) in [5.41, 5.74) is 3.61. The molecule has 0 aliphatic carbocycles. The number of nitrogens with zero attached hydrogens (tertiary/aromatic N) is 3. The number of hydrogen-bond acceptors (Lipinski definition) is 6. The lowest BCUT2D eigenvalue weighted by Gasteiger charge is -2.35. The smallest absolute Gasteiger partial charge is 0.178 e. The minimum atomic E-state index is -2.97. The Labute approximate surface area is 177 Å². The molecule has 0 amide bonds. The van der Waals surface area contributed by atoms with Crippen LogP contribution in [0.15, 0.2) is 30.3 Å². The summed E-state index contributed by atoms with van der Waals surface area (Å²) < 4.78 is 25.8. The van der Waals surface area contributed by atoms with Crippen molar-refractivity contribution in [2.45, 2.75) is 26.3 Å². The lowest BCUT2D eigenvalue weighted by molar-refractivity contribution is 0.0925. The molecule has 3 heterocycles. The van der Waals surface area contributed by atoms with E-state index in [2.05, 4.69) is 9.80 Å². The first-order chi connectivity index (χ1) is 14.2. The number of phenolic OH excluding ortho intramolecular Hbond substituents is 1. The molecule has 1 N–H and O–H groups in total. The van der Waals surface area contributed by atoms with Crippen LogP contribution in [-0.4, -0.2) is 73.0 Å². The average molecular weight is 432 g/mol. The molecule has 0 spiro atoms. The van der Waals surface area contributed by atoms with Crippen molar-refractivity contribution in [1.82, 2.24) is 9.47 Å².